The highest BCUT2D eigenvalue weighted by Crippen LogP contribution is 2.35. The lowest BCUT2D eigenvalue weighted by molar-refractivity contribution is 0.0994. The Bertz CT molecular complexity index is 1330. The molecule has 1 aromatic carbocycles. The number of hydrogen-bond acceptors (Lipinski definition) is 5. The van der Waals surface area contributed by atoms with Crippen molar-refractivity contribution in [2.45, 2.75) is 39.5 Å². The second kappa shape index (κ2) is 10.9. The molecular formula is C23H20ClF4N5O3. The van der Waals surface area contributed by atoms with Crippen LogP contribution in [-0.4, -0.2) is 25.5 Å². The van der Waals surface area contributed by atoms with Crippen LogP contribution in [0.3, 0.4) is 0 Å². The Morgan fingerprint density at radius 2 is 1.89 bits per heavy atom. The number of aromatic nitrogens is 4. The first-order valence-corrected chi connectivity index (χ1v) is 11.1. The fourth-order valence-corrected chi connectivity index (χ4v) is 3.63. The molecule has 0 aliphatic heterocycles. The summed E-state index contributed by atoms with van der Waals surface area (Å²) in [4.78, 5) is 12.5. The third-order valence-electron chi connectivity index (χ3n) is 5.15. The summed E-state index contributed by atoms with van der Waals surface area (Å²) in [7, 11) is 0. The van der Waals surface area contributed by atoms with Crippen LogP contribution in [0.15, 0.2) is 53.2 Å². The molecule has 4 aromatic rings. The van der Waals surface area contributed by atoms with Gasteiger partial charge in [0.1, 0.15) is 22.9 Å². The highest BCUT2D eigenvalue weighted by molar-refractivity contribution is 6.32. The normalized spacial score (nSPS) is 11.4. The van der Waals surface area contributed by atoms with Gasteiger partial charge in [0, 0.05) is 0 Å². The minimum Gasteiger partial charge on any atom is -0.471 e. The average Bonchev–Trinajstić information content (AvgIpc) is 3.57. The highest BCUT2D eigenvalue weighted by Gasteiger charge is 2.28. The molecule has 0 spiro atoms. The van der Waals surface area contributed by atoms with Crippen LogP contribution in [0.5, 0.6) is 5.75 Å². The van der Waals surface area contributed by atoms with Crippen molar-refractivity contribution in [3.63, 3.8) is 0 Å². The molecular weight excluding hydrogens is 506 g/mol. The number of ether oxygens (including phenoxy) is 1. The van der Waals surface area contributed by atoms with Crippen LogP contribution in [0.2, 0.25) is 5.02 Å². The molecule has 0 fully saturated rings. The summed E-state index contributed by atoms with van der Waals surface area (Å²) in [5.74, 6) is -0.0422. The van der Waals surface area contributed by atoms with Crippen LogP contribution in [0.4, 0.5) is 23.2 Å². The first-order valence-electron chi connectivity index (χ1n) is 10.7. The summed E-state index contributed by atoms with van der Waals surface area (Å²) in [6.45, 7) is 1.75. The number of amides is 1. The van der Waals surface area contributed by atoms with Crippen molar-refractivity contribution in [2.75, 3.05) is 5.32 Å². The van der Waals surface area contributed by atoms with Gasteiger partial charge >= 0.3 is 0 Å². The van der Waals surface area contributed by atoms with E-state index in [9.17, 15) is 22.4 Å². The van der Waals surface area contributed by atoms with Crippen LogP contribution in [-0.2, 0) is 19.7 Å². The first-order chi connectivity index (χ1) is 17.2. The van der Waals surface area contributed by atoms with Crippen molar-refractivity contribution >= 4 is 23.2 Å². The number of anilines is 1. The van der Waals surface area contributed by atoms with E-state index in [0.717, 1.165) is 6.42 Å². The van der Waals surface area contributed by atoms with Crippen LogP contribution in [0.25, 0.3) is 0 Å². The number of nitrogens with zero attached hydrogens (tertiary/aromatic N) is 4. The van der Waals surface area contributed by atoms with Gasteiger partial charge in [0.2, 0.25) is 0 Å². The maximum Gasteiger partial charge on any atom is 0.291 e. The van der Waals surface area contributed by atoms with Crippen molar-refractivity contribution < 1.29 is 31.5 Å². The molecule has 1 amide bonds. The van der Waals surface area contributed by atoms with Gasteiger partial charge in [0.25, 0.3) is 18.8 Å². The van der Waals surface area contributed by atoms with Crippen molar-refractivity contribution in [1.82, 2.24) is 19.6 Å². The fourth-order valence-electron chi connectivity index (χ4n) is 3.33. The largest absolute Gasteiger partial charge is 0.471 e. The summed E-state index contributed by atoms with van der Waals surface area (Å²) < 4.78 is 65.8. The molecule has 0 bridgehead atoms. The van der Waals surface area contributed by atoms with E-state index in [-0.39, 0.29) is 18.3 Å². The number of alkyl halides is 4. The summed E-state index contributed by atoms with van der Waals surface area (Å²) in [6.07, 6.45) is -2.37. The Kier molecular flexibility index (Phi) is 7.63. The lowest BCUT2D eigenvalue weighted by atomic mass is 10.2. The van der Waals surface area contributed by atoms with Gasteiger partial charge in [0.05, 0.1) is 29.6 Å². The number of aryl methyl sites for hydroxylation is 1. The molecule has 3 aromatic heterocycles. The Balaban J connectivity index is 1.37. The number of hydrogen-bond donors (Lipinski definition) is 1. The zero-order valence-electron chi connectivity index (χ0n) is 18.8. The van der Waals surface area contributed by atoms with Gasteiger partial charge in [-0.05, 0) is 36.2 Å². The molecule has 190 valence electrons. The molecule has 0 radical (unpaired) electrons. The quantitative estimate of drug-likeness (QED) is 0.253. The third-order valence-corrected chi connectivity index (χ3v) is 5.53. The van der Waals surface area contributed by atoms with Crippen molar-refractivity contribution in [3.8, 4) is 5.75 Å². The molecule has 0 atom stereocenters. The predicted octanol–water partition coefficient (Wildman–Crippen LogP) is 6.10. The van der Waals surface area contributed by atoms with E-state index in [1.165, 1.54) is 28.6 Å². The van der Waals surface area contributed by atoms with Gasteiger partial charge in [-0.3, -0.25) is 9.48 Å². The lowest BCUT2D eigenvalue weighted by Gasteiger charge is -2.06. The van der Waals surface area contributed by atoms with E-state index in [2.05, 4.69) is 22.4 Å². The number of rotatable bonds is 10. The minimum atomic E-state index is -3.13. The molecule has 0 aliphatic rings. The highest BCUT2D eigenvalue weighted by atomic mass is 35.5. The number of carbonyl (C=O) groups is 1. The second-order valence-corrected chi connectivity index (χ2v) is 7.98. The molecule has 13 heteroatoms. The maximum atomic E-state index is 13.3. The lowest BCUT2D eigenvalue weighted by Crippen LogP contribution is -2.11. The van der Waals surface area contributed by atoms with Crippen LogP contribution >= 0.6 is 11.6 Å². The monoisotopic (exact) mass is 525 g/mol. The van der Waals surface area contributed by atoms with Gasteiger partial charge in [0.15, 0.2) is 12.5 Å². The van der Waals surface area contributed by atoms with Crippen LogP contribution < -0.4 is 10.1 Å². The Hall–Kier alpha value is -3.80. The van der Waals surface area contributed by atoms with Crippen LogP contribution in [0, 0.1) is 0 Å². The van der Waals surface area contributed by atoms with Gasteiger partial charge in [-0.15, -0.1) is 0 Å². The topological polar surface area (TPSA) is 87.1 Å². The standard InChI is InChI=1S/C23H20ClF4N5O3/c1-2-13-3-5-15(6-4-13)35-12-32-10-14(9-29-32)30-23(34)17-8-7-16(36-17)11-33-20(22(27)28)18(24)19(31-33)21(25)26/h3-10,21-22H,2,11-12H2,1H3,(H,30,34). The number of furan rings is 1. The molecule has 36 heavy (non-hydrogen) atoms. The van der Waals surface area contributed by atoms with E-state index in [1.807, 2.05) is 24.3 Å². The van der Waals surface area contributed by atoms with Crippen LogP contribution in [0.1, 0.15) is 53.0 Å². The van der Waals surface area contributed by atoms with E-state index >= 15 is 0 Å². The molecule has 1 N–H and O–H groups in total. The van der Waals surface area contributed by atoms with Gasteiger partial charge in [-0.1, -0.05) is 30.7 Å². The summed E-state index contributed by atoms with van der Waals surface area (Å²) >= 11 is 5.65. The van der Waals surface area contributed by atoms with E-state index in [1.54, 1.807) is 6.20 Å². The van der Waals surface area contributed by atoms with Crippen molar-refractivity contribution in [1.29, 1.82) is 0 Å². The zero-order chi connectivity index (χ0) is 25.8. The molecule has 3 heterocycles. The number of nitrogens with one attached hydrogen (secondary N) is 1. The third kappa shape index (κ3) is 5.70. The zero-order valence-corrected chi connectivity index (χ0v) is 19.6. The number of halogens is 5. The SMILES string of the molecule is CCc1ccc(OCn2cc(NC(=O)c3ccc(Cn4nc(C(F)F)c(Cl)c4C(F)F)o3)cn2)cc1. The number of benzene rings is 1. The van der Waals surface area contributed by atoms with Gasteiger partial charge in [-0.2, -0.15) is 10.2 Å². The Morgan fingerprint density at radius 3 is 2.56 bits per heavy atom. The Morgan fingerprint density at radius 1 is 1.14 bits per heavy atom. The number of carbonyl (C=O) groups excluding carboxylic acids is 1. The predicted molar refractivity (Wildman–Crippen MR) is 122 cm³/mol. The summed E-state index contributed by atoms with van der Waals surface area (Å²) in [5, 5.41) is 9.37. The fraction of sp³-hybridized carbons (Fsp3) is 0.261. The molecule has 0 aliphatic carbocycles. The molecule has 0 saturated carbocycles. The molecule has 4 rings (SSSR count). The van der Waals surface area contributed by atoms with Gasteiger partial charge in [-0.25, -0.2) is 22.2 Å². The minimum absolute atomic E-state index is 0.0419. The van der Waals surface area contributed by atoms with E-state index in [0.29, 0.717) is 16.1 Å². The van der Waals surface area contributed by atoms with E-state index < -0.39 is 41.7 Å². The van der Waals surface area contributed by atoms with Crippen molar-refractivity contribution in [3.05, 3.63) is 82.3 Å². The van der Waals surface area contributed by atoms with Crippen molar-refractivity contribution in [2.24, 2.45) is 0 Å². The molecule has 8 nitrogen and oxygen atoms in total. The maximum absolute atomic E-state index is 13.3. The second-order valence-electron chi connectivity index (χ2n) is 7.60. The first kappa shape index (κ1) is 25.3. The van der Waals surface area contributed by atoms with E-state index in [4.69, 9.17) is 20.8 Å². The summed E-state index contributed by atoms with van der Waals surface area (Å²) in [5.41, 5.74) is -0.252. The smallest absolute Gasteiger partial charge is 0.291 e. The van der Waals surface area contributed by atoms with Gasteiger partial charge < -0.3 is 14.5 Å². The Labute approximate surface area is 207 Å². The molecule has 0 saturated heterocycles. The summed E-state index contributed by atoms with van der Waals surface area (Å²) in [6, 6.07) is 10.3. The average molecular weight is 526 g/mol. The molecule has 0 unspecified atom stereocenters.